The highest BCUT2D eigenvalue weighted by molar-refractivity contribution is 5.96. The van der Waals surface area contributed by atoms with E-state index in [2.05, 4.69) is 0 Å². The first-order valence-electron chi connectivity index (χ1n) is 5.39. The lowest BCUT2D eigenvalue weighted by atomic mass is 10.1. The number of carbonyl (C=O) groups excluding carboxylic acids is 1. The van der Waals surface area contributed by atoms with Crippen molar-refractivity contribution < 1.29 is 9.90 Å². The number of rotatable bonds is 2. The first-order valence-corrected chi connectivity index (χ1v) is 5.39. The number of amides is 1. The van der Waals surface area contributed by atoms with E-state index in [1.54, 1.807) is 4.90 Å². The predicted octanol–water partition coefficient (Wildman–Crippen LogP) is 0.922. The van der Waals surface area contributed by atoms with Crippen LogP contribution in [-0.2, 0) is 4.79 Å². The molecule has 4 heteroatoms. The van der Waals surface area contributed by atoms with Crippen molar-refractivity contribution in [2.75, 3.05) is 23.8 Å². The second kappa shape index (κ2) is 4.14. The van der Waals surface area contributed by atoms with Gasteiger partial charge in [-0.05, 0) is 30.7 Å². The van der Waals surface area contributed by atoms with Gasteiger partial charge >= 0.3 is 0 Å². The van der Waals surface area contributed by atoms with E-state index in [1.165, 1.54) is 0 Å². The largest absolute Gasteiger partial charge is 0.399 e. The summed E-state index contributed by atoms with van der Waals surface area (Å²) in [6.07, 6.45) is 0.430. The molecule has 2 rings (SSSR count). The minimum absolute atomic E-state index is 0.0605. The van der Waals surface area contributed by atoms with Crippen molar-refractivity contribution in [3.8, 4) is 0 Å². The maximum Gasteiger partial charge on any atom is 0.227 e. The zero-order valence-corrected chi connectivity index (χ0v) is 9.31. The van der Waals surface area contributed by atoms with Crippen molar-refractivity contribution in [3.05, 3.63) is 23.8 Å². The lowest BCUT2D eigenvalue weighted by Crippen LogP contribution is -2.24. The van der Waals surface area contributed by atoms with Crippen LogP contribution in [0.25, 0.3) is 0 Å². The summed E-state index contributed by atoms with van der Waals surface area (Å²) in [4.78, 5) is 13.4. The third kappa shape index (κ3) is 1.88. The number of nitrogens with zero attached hydrogens (tertiary/aromatic N) is 1. The highest BCUT2D eigenvalue weighted by Crippen LogP contribution is 2.27. The number of benzene rings is 1. The summed E-state index contributed by atoms with van der Waals surface area (Å²) < 4.78 is 0. The standard InChI is InChI=1S/C12H16N2O2/c1-8-4-10(2-3-11(8)13)14-6-9(7-15)5-12(14)16/h2-4,9,15H,5-7,13H2,1H3. The minimum atomic E-state index is 0.0605. The molecular formula is C12H16N2O2. The van der Waals surface area contributed by atoms with Crippen LogP contribution in [0.15, 0.2) is 18.2 Å². The molecule has 1 aromatic carbocycles. The molecular weight excluding hydrogens is 204 g/mol. The van der Waals surface area contributed by atoms with Crippen LogP contribution in [0.2, 0.25) is 0 Å². The van der Waals surface area contributed by atoms with Crippen molar-refractivity contribution in [3.63, 3.8) is 0 Å². The molecule has 1 heterocycles. The smallest absolute Gasteiger partial charge is 0.227 e. The Kier molecular flexibility index (Phi) is 2.83. The summed E-state index contributed by atoms with van der Waals surface area (Å²) in [5.74, 6) is 0.133. The molecule has 0 bridgehead atoms. The molecule has 1 saturated heterocycles. The van der Waals surface area contributed by atoms with Gasteiger partial charge in [-0.15, -0.1) is 0 Å². The Labute approximate surface area is 94.7 Å². The highest BCUT2D eigenvalue weighted by atomic mass is 16.3. The van der Waals surface area contributed by atoms with Crippen molar-refractivity contribution in [1.82, 2.24) is 0 Å². The van der Waals surface area contributed by atoms with Gasteiger partial charge in [0, 0.05) is 36.9 Å². The maximum atomic E-state index is 11.7. The molecule has 1 aliphatic rings. The number of aryl methyl sites for hydroxylation is 1. The fourth-order valence-electron chi connectivity index (χ4n) is 1.98. The average molecular weight is 220 g/mol. The van der Waals surface area contributed by atoms with E-state index >= 15 is 0 Å². The molecule has 1 fully saturated rings. The lowest BCUT2D eigenvalue weighted by Gasteiger charge is -2.17. The van der Waals surface area contributed by atoms with E-state index in [0.717, 1.165) is 16.9 Å². The Balaban J connectivity index is 2.24. The number of aliphatic hydroxyl groups excluding tert-OH is 1. The molecule has 16 heavy (non-hydrogen) atoms. The molecule has 1 atom stereocenters. The van der Waals surface area contributed by atoms with Crippen molar-refractivity contribution >= 4 is 17.3 Å². The predicted molar refractivity (Wildman–Crippen MR) is 63.1 cm³/mol. The minimum Gasteiger partial charge on any atom is -0.399 e. The van der Waals surface area contributed by atoms with Gasteiger partial charge in [0.2, 0.25) is 5.91 Å². The molecule has 0 aliphatic carbocycles. The number of carbonyl (C=O) groups is 1. The fourth-order valence-corrected chi connectivity index (χ4v) is 1.98. The average Bonchev–Trinajstić information content (AvgIpc) is 2.64. The maximum absolute atomic E-state index is 11.7. The Morgan fingerprint density at radius 2 is 2.31 bits per heavy atom. The second-order valence-electron chi connectivity index (χ2n) is 4.30. The van der Waals surface area contributed by atoms with E-state index in [0.29, 0.717) is 13.0 Å². The Morgan fingerprint density at radius 3 is 2.88 bits per heavy atom. The van der Waals surface area contributed by atoms with E-state index in [4.69, 9.17) is 10.8 Å². The molecule has 4 nitrogen and oxygen atoms in total. The number of hydrogen-bond acceptors (Lipinski definition) is 3. The normalized spacial score (nSPS) is 20.5. The monoisotopic (exact) mass is 220 g/mol. The summed E-state index contributed by atoms with van der Waals surface area (Å²) >= 11 is 0. The van der Waals surface area contributed by atoms with Crippen LogP contribution >= 0.6 is 0 Å². The Morgan fingerprint density at radius 1 is 1.56 bits per heavy atom. The van der Waals surface area contributed by atoms with E-state index in [-0.39, 0.29) is 18.4 Å². The third-order valence-electron chi connectivity index (χ3n) is 3.03. The highest BCUT2D eigenvalue weighted by Gasteiger charge is 2.29. The van der Waals surface area contributed by atoms with Gasteiger partial charge in [0.1, 0.15) is 0 Å². The summed E-state index contributed by atoms with van der Waals surface area (Å²) in [5.41, 5.74) is 8.30. The number of hydrogen-bond donors (Lipinski definition) is 2. The molecule has 1 unspecified atom stereocenters. The molecule has 0 spiro atoms. The summed E-state index contributed by atoms with van der Waals surface area (Å²) in [7, 11) is 0. The quantitative estimate of drug-likeness (QED) is 0.728. The van der Waals surface area contributed by atoms with Crippen LogP contribution < -0.4 is 10.6 Å². The summed E-state index contributed by atoms with van der Waals surface area (Å²) in [6, 6.07) is 5.57. The SMILES string of the molecule is Cc1cc(N2CC(CO)CC2=O)ccc1N. The van der Waals surface area contributed by atoms with Gasteiger partial charge in [0.25, 0.3) is 0 Å². The van der Waals surface area contributed by atoms with Crippen molar-refractivity contribution in [2.24, 2.45) is 5.92 Å². The van der Waals surface area contributed by atoms with Crippen LogP contribution in [0.4, 0.5) is 11.4 Å². The molecule has 1 aliphatic heterocycles. The lowest BCUT2D eigenvalue weighted by molar-refractivity contribution is -0.117. The number of nitrogen functional groups attached to an aromatic ring is 1. The van der Waals surface area contributed by atoms with Crippen LogP contribution in [0.5, 0.6) is 0 Å². The zero-order valence-electron chi connectivity index (χ0n) is 9.31. The zero-order chi connectivity index (χ0) is 11.7. The van der Waals surface area contributed by atoms with E-state index in [9.17, 15) is 4.79 Å². The molecule has 0 aromatic heterocycles. The van der Waals surface area contributed by atoms with Crippen LogP contribution in [0.1, 0.15) is 12.0 Å². The first-order chi connectivity index (χ1) is 7.61. The van der Waals surface area contributed by atoms with Crippen LogP contribution in [0.3, 0.4) is 0 Å². The Bertz CT molecular complexity index is 417. The molecule has 0 saturated carbocycles. The number of anilines is 2. The number of nitrogens with two attached hydrogens (primary N) is 1. The molecule has 1 aromatic rings. The van der Waals surface area contributed by atoms with Gasteiger partial charge < -0.3 is 15.7 Å². The van der Waals surface area contributed by atoms with Gasteiger partial charge in [-0.1, -0.05) is 0 Å². The molecule has 0 radical (unpaired) electrons. The van der Waals surface area contributed by atoms with E-state index in [1.807, 2.05) is 25.1 Å². The van der Waals surface area contributed by atoms with Crippen LogP contribution in [0, 0.1) is 12.8 Å². The van der Waals surface area contributed by atoms with Gasteiger partial charge in [0.15, 0.2) is 0 Å². The second-order valence-corrected chi connectivity index (χ2v) is 4.30. The number of aliphatic hydroxyl groups is 1. The van der Waals surface area contributed by atoms with Gasteiger partial charge in [-0.25, -0.2) is 0 Å². The summed E-state index contributed by atoms with van der Waals surface area (Å²) in [6.45, 7) is 2.58. The van der Waals surface area contributed by atoms with Crippen molar-refractivity contribution in [1.29, 1.82) is 0 Å². The topological polar surface area (TPSA) is 66.6 Å². The fraction of sp³-hybridized carbons (Fsp3) is 0.417. The van der Waals surface area contributed by atoms with Gasteiger partial charge in [-0.3, -0.25) is 4.79 Å². The van der Waals surface area contributed by atoms with E-state index < -0.39 is 0 Å². The molecule has 1 amide bonds. The molecule has 3 N–H and O–H groups in total. The Hall–Kier alpha value is -1.55. The first kappa shape index (κ1) is 11.0. The van der Waals surface area contributed by atoms with Crippen molar-refractivity contribution in [2.45, 2.75) is 13.3 Å². The van der Waals surface area contributed by atoms with Gasteiger partial charge in [0.05, 0.1) is 0 Å². The van der Waals surface area contributed by atoms with Gasteiger partial charge in [-0.2, -0.15) is 0 Å². The van der Waals surface area contributed by atoms with Crippen LogP contribution in [-0.4, -0.2) is 24.2 Å². The molecule has 86 valence electrons. The summed E-state index contributed by atoms with van der Waals surface area (Å²) in [5, 5.41) is 9.05. The third-order valence-corrected chi connectivity index (χ3v) is 3.03.